The van der Waals surface area contributed by atoms with Crippen molar-refractivity contribution in [3.8, 4) is 0 Å². The standard InChI is InChI=1S/C10H8I2O/c1-6-7-4-2-3-5-8(7)13-9(6)10(11)12/h2-5,10H,1H3. The van der Waals surface area contributed by atoms with Gasteiger partial charge in [0.15, 0.2) is 0 Å². The number of alkyl halides is 2. The van der Waals surface area contributed by atoms with Crippen molar-refractivity contribution in [1.82, 2.24) is 0 Å². The second-order valence-electron chi connectivity index (χ2n) is 2.89. The number of halogens is 2. The van der Waals surface area contributed by atoms with Gasteiger partial charge in [0, 0.05) is 10.9 Å². The van der Waals surface area contributed by atoms with Gasteiger partial charge in [0.2, 0.25) is 0 Å². The summed E-state index contributed by atoms with van der Waals surface area (Å²) in [4.78, 5) is 0. The highest BCUT2D eigenvalue weighted by Gasteiger charge is 2.14. The first kappa shape index (κ1) is 9.76. The largest absolute Gasteiger partial charge is 0.459 e. The molecular formula is C10H8I2O. The van der Waals surface area contributed by atoms with Crippen molar-refractivity contribution < 1.29 is 4.42 Å². The maximum atomic E-state index is 5.75. The number of hydrogen-bond donors (Lipinski definition) is 0. The molecule has 68 valence electrons. The summed E-state index contributed by atoms with van der Waals surface area (Å²) >= 11 is 4.72. The smallest absolute Gasteiger partial charge is 0.134 e. The molecule has 0 fully saturated rings. The predicted octanol–water partition coefficient (Wildman–Crippen LogP) is 4.61. The van der Waals surface area contributed by atoms with Crippen molar-refractivity contribution in [2.75, 3.05) is 0 Å². The molecule has 1 heterocycles. The summed E-state index contributed by atoms with van der Waals surface area (Å²) in [6.45, 7) is 2.12. The van der Waals surface area contributed by atoms with Crippen LogP contribution in [-0.4, -0.2) is 0 Å². The molecule has 0 aliphatic rings. The quantitative estimate of drug-likeness (QED) is 0.506. The fourth-order valence-corrected chi connectivity index (χ4v) is 2.59. The lowest BCUT2D eigenvalue weighted by atomic mass is 10.2. The first-order valence-corrected chi connectivity index (χ1v) is 6.45. The Balaban J connectivity index is 2.74. The topological polar surface area (TPSA) is 13.1 Å². The molecule has 0 radical (unpaired) electrons. The van der Waals surface area contributed by atoms with E-state index in [4.69, 9.17) is 4.42 Å². The second-order valence-corrected chi connectivity index (χ2v) is 7.76. The van der Waals surface area contributed by atoms with E-state index in [1.165, 1.54) is 10.9 Å². The van der Waals surface area contributed by atoms with E-state index >= 15 is 0 Å². The Morgan fingerprint density at radius 1 is 1.23 bits per heavy atom. The molecule has 0 saturated carbocycles. The van der Waals surface area contributed by atoms with Crippen molar-refractivity contribution >= 4 is 56.2 Å². The first-order chi connectivity index (χ1) is 6.20. The lowest BCUT2D eigenvalue weighted by Gasteiger charge is -1.96. The molecule has 3 heteroatoms. The molecule has 2 rings (SSSR count). The zero-order chi connectivity index (χ0) is 9.42. The highest BCUT2D eigenvalue weighted by Crippen LogP contribution is 2.37. The number of benzene rings is 1. The molecule has 0 saturated heterocycles. The Morgan fingerprint density at radius 3 is 2.54 bits per heavy atom. The number of para-hydroxylation sites is 1. The van der Waals surface area contributed by atoms with Crippen molar-refractivity contribution in [1.29, 1.82) is 0 Å². The molecule has 2 aromatic rings. The molecule has 0 amide bonds. The van der Waals surface area contributed by atoms with E-state index in [1.807, 2.05) is 18.2 Å². The van der Waals surface area contributed by atoms with Crippen LogP contribution in [0.5, 0.6) is 0 Å². The van der Waals surface area contributed by atoms with Crippen LogP contribution in [0.15, 0.2) is 28.7 Å². The molecule has 0 bridgehead atoms. The molecule has 0 atom stereocenters. The van der Waals surface area contributed by atoms with E-state index in [0.29, 0.717) is 1.93 Å². The zero-order valence-corrected chi connectivity index (χ0v) is 11.4. The van der Waals surface area contributed by atoms with E-state index in [2.05, 4.69) is 58.2 Å². The van der Waals surface area contributed by atoms with Gasteiger partial charge in [0.25, 0.3) is 0 Å². The number of fused-ring (bicyclic) bond motifs is 1. The number of furan rings is 1. The third-order valence-electron chi connectivity index (χ3n) is 2.08. The summed E-state index contributed by atoms with van der Waals surface area (Å²) in [5.41, 5.74) is 2.26. The van der Waals surface area contributed by atoms with Crippen LogP contribution in [0, 0.1) is 6.92 Å². The Bertz CT molecular complexity index is 431. The molecule has 1 aromatic heterocycles. The molecule has 0 spiro atoms. The minimum atomic E-state index is 0.405. The number of rotatable bonds is 1. The molecule has 0 unspecified atom stereocenters. The van der Waals surface area contributed by atoms with E-state index in [1.54, 1.807) is 0 Å². The van der Waals surface area contributed by atoms with Gasteiger partial charge in [-0.1, -0.05) is 63.4 Å². The second kappa shape index (κ2) is 3.76. The van der Waals surface area contributed by atoms with Gasteiger partial charge >= 0.3 is 0 Å². The highest BCUT2D eigenvalue weighted by atomic mass is 127. The fourth-order valence-electron chi connectivity index (χ4n) is 1.40. The summed E-state index contributed by atoms with van der Waals surface area (Å²) in [5, 5.41) is 1.23. The Morgan fingerprint density at radius 2 is 1.92 bits per heavy atom. The molecule has 13 heavy (non-hydrogen) atoms. The van der Waals surface area contributed by atoms with Crippen LogP contribution in [0.2, 0.25) is 0 Å². The third-order valence-corrected chi connectivity index (χ3v) is 3.21. The monoisotopic (exact) mass is 398 g/mol. The normalized spacial score (nSPS) is 11.4. The molecule has 0 aliphatic heterocycles. The van der Waals surface area contributed by atoms with Crippen molar-refractivity contribution in [3.05, 3.63) is 35.6 Å². The van der Waals surface area contributed by atoms with Gasteiger partial charge < -0.3 is 4.42 Å². The maximum absolute atomic E-state index is 5.75. The van der Waals surface area contributed by atoms with E-state index < -0.39 is 0 Å². The van der Waals surface area contributed by atoms with Crippen molar-refractivity contribution in [2.24, 2.45) is 0 Å². The van der Waals surface area contributed by atoms with Crippen LogP contribution >= 0.6 is 45.2 Å². The van der Waals surface area contributed by atoms with Crippen LogP contribution in [0.1, 0.15) is 13.3 Å². The van der Waals surface area contributed by atoms with E-state index in [9.17, 15) is 0 Å². The average molecular weight is 398 g/mol. The van der Waals surface area contributed by atoms with Gasteiger partial charge in [-0.2, -0.15) is 0 Å². The van der Waals surface area contributed by atoms with Gasteiger partial charge in [0.1, 0.15) is 13.3 Å². The van der Waals surface area contributed by atoms with Crippen molar-refractivity contribution in [2.45, 2.75) is 8.86 Å². The molecule has 1 nitrogen and oxygen atoms in total. The van der Waals surface area contributed by atoms with Crippen LogP contribution in [-0.2, 0) is 0 Å². The first-order valence-electron chi connectivity index (χ1n) is 3.96. The predicted molar refractivity (Wildman–Crippen MR) is 71.7 cm³/mol. The van der Waals surface area contributed by atoms with Crippen molar-refractivity contribution in [3.63, 3.8) is 0 Å². The van der Waals surface area contributed by atoms with Crippen LogP contribution in [0.3, 0.4) is 0 Å². The molecule has 0 aliphatic carbocycles. The van der Waals surface area contributed by atoms with Gasteiger partial charge in [-0.05, 0) is 13.0 Å². The number of hydrogen-bond acceptors (Lipinski definition) is 1. The number of aryl methyl sites for hydroxylation is 1. The Hall–Kier alpha value is 0.220. The summed E-state index contributed by atoms with van der Waals surface area (Å²) in [6, 6.07) is 8.17. The summed E-state index contributed by atoms with van der Waals surface area (Å²) in [5.74, 6) is 1.09. The Kier molecular flexibility index (Phi) is 2.83. The van der Waals surface area contributed by atoms with Gasteiger partial charge in [0.05, 0.1) is 0 Å². The van der Waals surface area contributed by atoms with Crippen LogP contribution in [0.4, 0.5) is 0 Å². The van der Waals surface area contributed by atoms with E-state index in [-0.39, 0.29) is 0 Å². The molecule has 0 N–H and O–H groups in total. The zero-order valence-electron chi connectivity index (χ0n) is 7.05. The van der Waals surface area contributed by atoms with E-state index in [0.717, 1.165) is 11.3 Å². The lowest BCUT2D eigenvalue weighted by Crippen LogP contribution is -1.77. The SMILES string of the molecule is Cc1c(C(I)I)oc2ccccc12. The molecule has 1 aromatic carbocycles. The van der Waals surface area contributed by atoms with Crippen LogP contribution < -0.4 is 0 Å². The third kappa shape index (κ3) is 1.72. The average Bonchev–Trinajstić information content (AvgIpc) is 2.45. The Labute approximate surface area is 104 Å². The lowest BCUT2D eigenvalue weighted by molar-refractivity contribution is 0.574. The fraction of sp³-hybridized carbons (Fsp3) is 0.200. The molecular weight excluding hydrogens is 390 g/mol. The van der Waals surface area contributed by atoms with Gasteiger partial charge in [-0.15, -0.1) is 0 Å². The van der Waals surface area contributed by atoms with Gasteiger partial charge in [-0.3, -0.25) is 0 Å². The summed E-state index contributed by atoms with van der Waals surface area (Å²) < 4.78 is 6.15. The maximum Gasteiger partial charge on any atom is 0.134 e. The summed E-state index contributed by atoms with van der Waals surface area (Å²) in [7, 11) is 0. The van der Waals surface area contributed by atoms with Gasteiger partial charge in [-0.25, -0.2) is 0 Å². The highest BCUT2D eigenvalue weighted by molar-refractivity contribution is 14.2. The minimum Gasteiger partial charge on any atom is -0.459 e. The van der Waals surface area contributed by atoms with Crippen LogP contribution in [0.25, 0.3) is 11.0 Å². The minimum absolute atomic E-state index is 0.405. The summed E-state index contributed by atoms with van der Waals surface area (Å²) in [6.07, 6.45) is 0.